The average molecular weight is 372 g/mol. The number of aromatic hydroxyl groups is 1. The van der Waals surface area contributed by atoms with Crippen molar-refractivity contribution in [3.63, 3.8) is 0 Å². The molecule has 27 heavy (non-hydrogen) atoms. The highest BCUT2D eigenvalue weighted by atomic mass is 19.1. The van der Waals surface area contributed by atoms with Crippen LogP contribution in [0.3, 0.4) is 0 Å². The zero-order valence-corrected chi connectivity index (χ0v) is 15.1. The van der Waals surface area contributed by atoms with E-state index in [4.69, 9.17) is 0 Å². The van der Waals surface area contributed by atoms with E-state index in [0.717, 1.165) is 31.5 Å². The van der Waals surface area contributed by atoms with Crippen molar-refractivity contribution in [2.75, 3.05) is 19.6 Å². The third kappa shape index (κ3) is 4.13. The molecule has 4 rings (SSSR count). The van der Waals surface area contributed by atoms with Crippen LogP contribution in [0.2, 0.25) is 0 Å². The number of nitrogens with zero attached hydrogens (tertiary/aromatic N) is 2. The molecule has 3 N–H and O–H groups in total. The first-order valence-corrected chi connectivity index (χ1v) is 9.42. The second-order valence-corrected chi connectivity index (χ2v) is 8.13. The maximum Gasteiger partial charge on any atom is 0.133 e. The Bertz CT molecular complexity index is 767. The van der Waals surface area contributed by atoms with Crippen molar-refractivity contribution < 1.29 is 19.7 Å². The van der Waals surface area contributed by atoms with Gasteiger partial charge in [-0.1, -0.05) is 12.1 Å². The van der Waals surface area contributed by atoms with Crippen molar-refractivity contribution in [2.45, 2.75) is 31.0 Å². The quantitative estimate of drug-likeness (QED) is 0.751. The predicted molar refractivity (Wildman–Crippen MR) is 98.6 cm³/mol. The van der Waals surface area contributed by atoms with E-state index in [1.165, 1.54) is 24.4 Å². The van der Waals surface area contributed by atoms with Gasteiger partial charge in [-0.15, -0.1) is 0 Å². The number of aliphatic hydroxyl groups excluding tert-OH is 1. The first-order valence-electron chi connectivity index (χ1n) is 9.42. The van der Waals surface area contributed by atoms with Gasteiger partial charge < -0.3 is 15.3 Å². The Balaban J connectivity index is 1.32. The van der Waals surface area contributed by atoms with E-state index in [-0.39, 0.29) is 11.6 Å². The largest absolute Gasteiger partial charge is 0.506 e. The van der Waals surface area contributed by atoms with Gasteiger partial charge in [0, 0.05) is 26.1 Å². The summed E-state index contributed by atoms with van der Waals surface area (Å²) in [6.45, 7) is 2.21. The third-order valence-electron chi connectivity index (χ3n) is 5.93. The van der Waals surface area contributed by atoms with Gasteiger partial charge in [0.2, 0.25) is 0 Å². The molecular weight excluding hydrogens is 347 g/mol. The van der Waals surface area contributed by atoms with Gasteiger partial charge in [0.25, 0.3) is 0 Å². The van der Waals surface area contributed by atoms with Crippen molar-refractivity contribution in [3.05, 3.63) is 59.7 Å². The maximum absolute atomic E-state index is 13.1. The molecular formula is C21H25FN2O3. The van der Waals surface area contributed by atoms with Crippen LogP contribution < -0.4 is 0 Å². The summed E-state index contributed by atoms with van der Waals surface area (Å²) >= 11 is 0. The molecule has 1 saturated carbocycles. The van der Waals surface area contributed by atoms with Gasteiger partial charge >= 0.3 is 0 Å². The topological polar surface area (TPSA) is 76.8 Å². The lowest BCUT2D eigenvalue weighted by atomic mass is 9.91. The molecule has 1 aliphatic carbocycles. The van der Waals surface area contributed by atoms with E-state index in [0.29, 0.717) is 30.5 Å². The Morgan fingerprint density at radius 3 is 2.37 bits per heavy atom. The Morgan fingerprint density at radius 2 is 1.78 bits per heavy atom. The number of likely N-dealkylation sites (tertiary alicyclic amines) is 1. The number of rotatable bonds is 5. The Hall–Kier alpha value is -2.02. The minimum Gasteiger partial charge on any atom is -0.506 e. The lowest BCUT2D eigenvalue weighted by Gasteiger charge is -2.27. The van der Waals surface area contributed by atoms with Gasteiger partial charge in [0.1, 0.15) is 17.7 Å². The van der Waals surface area contributed by atoms with Crippen LogP contribution in [0.25, 0.3) is 0 Å². The summed E-state index contributed by atoms with van der Waals surface area (Å²) < 4.78 is 13.1. The molecule has 1 aliphatic heterocycles. The minimum absolute atomic E-state index is 0.0853. The molecule has 1 saturated heterocycles. The van der Waals surface area contributed by atoms with E-state index in [1.807, 2.05) is 0 Å². The standard InChI is InChI=1S/C21H25FN2O3/c22-17-3-1-14(2-4-17)7-21(27)8-15-11-24(12-16(15)9-21)13-20(26)19-6-5-18(25)10-23-19/h1-6,10,15-16,20,25-27H,7-9,11-13H2/t15-,16-,20+/m0/s1. The molecule has 0 amide bonds. The highest BCUT2D eigenvalue weighted by molar-refractivity contribution is 5.20. The number of hydrogen-bond acceptors (Lipinski definition) is 5. The molecule has 3 atom stereocenters. The lowest BCUT2D eigenvalue weighted by molar-refractivity contribution is 0.0327. The molecule has 2 aromatic rings. The van der Waals surface area contributed by atoms with Gasteiger partial charge in [-0.25, -0.2) is 4.39 Å². The van der Waals surface area contributed by atoms with E-state index >= 15 is 0 Å². The monoisotopic (exact) mass is 372 g/mol. The van der Waals surface area contributed by atoms with Crippen molar-refractivity contribution in [2.24, 2.45) is 11.8 Å². The van der Waals surface area contributed by atoms with E-state index in [1.54, 1.807) is 18.2 Å². The molecule has 2 fully saturated rings. The van der Waals surface area contributed by atoms with Crippen LogP contribution in [0.4, 0.5) is 4.39 Å². The number of pyridine rings is 1. The fourth-order valence-electron chi connectivity index (χ4n) is 4.77. The van der Waals surface area contributed by atoms with E-state index < -0.39 is 11.7 Å². The summed E-state index contributed by atoms with van der Waals surface area (Å²) in [6, 6.07) is 9.53. The summed E-state index contributed by atoms with van der Waals surface area (Å²) in [7, 11) is 0. The number of fused-ring (bicyclic) bond motifs is 1. The molecule has 5 nitrogen and oxygen atoms in total. The fraction of sp³-hybridized carbons (Fsp3) is 0.476. The number of β-amino-alcohol motifs (C(OH)–C–C–N with tert-alkyl or cyclic N) is 1. The summed E-state index contributed by atoms with van der Waals surface area (Å²) in [5.41, 5.74) is 0.790. The van der Waals surface area contributed by atoms with Crippen LogP contribution in [0.15, 0.2) is 42.6 Å². The summed E-state index contributed by atoms with van der Waals surface area (Å²) in [4.78, 5) is 6.30. The summed E-state index contributed by atoms with van der Waals surface area (Å²) in [5.74, 6) is 0.652. The first-order chi connectivity index (χ1) is 12.9. The van der Waals surface area contributed by atoms with Gasteiger partial charge in [-0.05, 0) is 54.5 Å². The molecule has 0 bridgehead atoms. The first kappa shape index (κ1) is 18.3. The molecule has 0 spiro atoms. The molecule has 144 valence electrons. The van der Waals surface area contributed by atoms with Gasteiger partial charge in [-0.3, -0.25) is 9.88 Å². The second-order valence-electron chi connectivity index (χ2n) is 8.13. The molecule has 0 radical (unpaired) electrons. The molecule has 2 heterocycles. The van der Waals surface area contributed by atoms with Crippen molar-refractivity contribution in [1.82, 2.24) is 9.88 Å². The number of aromatic nitrogens is 1. The molecule has 1 aromatic carbocycles. The fourth-order valence-corrected chi connectivity index (χ4v) is 4.77. The molecule has 0 unspecified atom stereocenters. The third-order valence-corrected chi connectivity index (χ3v) is 5.93. The normalized spacial score (nSPS) is 25.4. The Kier molecular flexibility index (Phi) is 4.88. The second kappa shape index (κ2) is 7.19. The van der Waals surface area contributed by atoms with Crippen LogP contribution in [0, 0.1) is 17.7 Å². The Morgan fingerprint density at radius 1 is 1.11 bits per heavy atom. The average Bonchev–Trinajstić information content (AvgIpc) is 3.11. The van der Waals surface area contributed by atoms with Crippen LogP contribution in [-0.4, -0.2) is 50.4 Å². The maximum atomic E-state index is 13.1. The lowest BCUT2D eigenvalue weighted by Crippen LogP contribution is -2.33. The number of benzene rings is 1. The number of halogens is 1. The summed E-state index contributed by atoms with van der Waals surface area (Å²) in [6.07, 6.45) is 2.67. The van der Waals surface area contributed by atoms with Crippen LogP contribution in [-0.2, 0) is 6.42 Å². The van der Waals surface area contributed by atoms with Crippen molar-refractivity contribution in [3.8, 4) is 5.75 Å². The van der Waals surface area contributed by atoms with Gasteiger partial charge in [0.15, 0.2) is 0 Å². The Labute approximate surface area is 158 Å². The zero-order chi connectivity index (χ0) is 19.0. The zero-order valence-electron chi connectivity index (χ0n) is 15.1. The highest BCUT2D eigenvalue weighted by Gasteiger charge is 2.48. The van der Waals surface area contributed by atoms with Gasteiger partial charge in [0.05, 0.1) is 17.5 Å². The van der Waals surface area contributed by atoms with E-state index in [2.05, 4.69) is 9.88 Å². The highest BCUT2D eigenvalue weighted by Crippen LogP contribution is 2.45. The molecule has 6 heteroatoms. The van der Waals surface area contributed by atoms with Crippen molar-refractivity contribution >= 4 is 0 Å². The number of hydrogen-bond donors (Lipinski definition) is 3. The van der Waals surface area contributed by atoms with E-state index in [9.17, 15) is 19.7 Å². The number of aliphatic hydroxyl groups is 2. The van der Waals surface area contributed by atoms with Crippen LogP contribution >= 0.6 is 0 Å². The summed E-state index contributed by atoms with van der Waals surface area (Å²) in [5, 5.41) is 30.7. The van der Waals surface area contributed by atoms with Crippen LogP contribution in [0.1, 0.15) is 30.2 Å². The van der Waals surface area contributed by atoms with Crippen molar-refractivity contribution in [1.29, 1.82) is 0 Å². The predicted octanol–water partition coefficient (Wildman–Crippen LogP) is 2.28. The smallest absolute Gasteiger partial charge is 0.133 e. The van der Waals surface area contributed by atoms with Crippen LogP contribution in [0.5, 0.6) is 5.75 Å². The SMILES string of the molecule is Oc1ccc([C@H](O)CN2C[C@@H]3CC(O)(Cc4ccc(F)cc4)C[C@H]3C2)nc1. The van der Waals surface area contributed by atoms with Gasteiger partial charge in [-0.2, -0.15) is 0 Å². The molecule has 1 aromatic heterocycles. The molecule has 2 aliphatic rings. The minimum atomic E-state index is -0.726.